The monoisotopic (exact) mass is 337 g/mol. The Labute approximate surface area is 143 Å². The molecule has 1 aromatic heterocycles. The minimum atomic E-state index is -0.534. The second kappa shape index (κ2) is 6.56. The van der Waals surface area contributed by atoms with Crippen molar-refractivity contribution in [1.82, 2.24) is 9.78 Å². The largest absolute Gasteiger partial charge is 0.423 e. The van der Waals surface area contributed by atoms with Gasteiger partial charge in [0.15, 0.2) is 0 Å². The fraction of sp³-hybridized carbons (Fsp3) is 0.111. The minimum absolute atomic E-state index is 0.0611. The number of aromatic nitrogens is 2. The highest BCUT2D eigenvalue weighted by molar-refractivity contribution is 5.91. The van der Waals surface area contributed by atoms with Gasteiger partial charge in [-0.2, -0.15) is 5.10 Å². The first-order valence-electron chi connectivity index (χ1n) is 7.54. The Morgan fingerprint density at radius 2 is 1.72 bits per heavy atom. The SMILES string of the molecule is Cc1cc(C)n(-c2ccc(C(=O)Oc3ccc([N+](=O)[O-])cc3)cc2)n1. The molecular weight excluding hydrogens is 322 g/mol. The van der Waals surface area contributed by atoms with Gasteiger partial charge < -0.3 is 4.74 Å². The summed E-state index contributed by atoms with van der Waals surface area (Å²) in [7, 11) is 0. The summed E-state index contributed by atoms with van der Waals surface area (Å²) in [4.78, 5) is 22.3. The van der Waals surface area contributed by atoms with Crippen LogP contribution in [0.15, 0.2) is 54.6 Å². The molecule has 0 aliphatic carbocycles. The number of nitrogens with zero attached hydrogens (tertiary/aromatic N) is 3. The van der Waals surface area contributed by atoms with Crippen LogP contribution in [-0.2, 0) is 0 Å². The van der Waals surface area contributed by atoms with Gasteiger partial charge >= 0.3 is 5.97 Å². The normalized spacial score (nSPS) is 10.5. The number of non-ortho nitro benzene ring substituents is 1. The Morgan fingerprint density at radius 1 is 1.08 bits per heavy atom. The topological polar surface area (TPSA) is 87.3 Å². The Bertz CT molecular complexity index is 928. The zero-order valence-electron chi connectivity index (χ0n) is 13.7. The molecule has 3 rings (SSSR count). The summed E-state index contributed by atoms with van der Waals surface area (Å²) in [6.07, 6.45) is 0. The molecule has 126 valence electrons. The molecule has 3 aromatic rings. The number of nitro groups is 1. The van der Waals surface area contributed by atoms with E-state index in [1.165, 1.54) is 24.3 Å². The third kappa shape index (κ3) is 3.55. The summed E-state index contributed by atoms with van der Waals surface area (Å²) in [5.41, 5.74) is 3.08. The van der Waals surface area contributed by atoms with Gasteiger partial charge in [-0.3, -0.25) is 10.1 Å². The number of nitro benzene ring substituents is 1. The molecule has 0 atom stereocenters. The van der Waals surface area contributed by atoms with Crippen LogP contribution in [-0.4, -0.2) is 20.7 Å². The first kappa shape index (κ1) is 16.4. The molecule has 0 N–H and O–H groups in total. The van der Waals surface area contributed by atoms with Crippen LogP contribution in [0.2, 0.25) is 0 Å². The molecule has 7 heteroatoms. The summed E-state index contributed by atoms with van der Waals surface area (Å²) in [5, 5.41) is 15.0. The highest BCUT2D eigenvalue weighted by Gasteiger charge is 2.11. The number of benzene rings is 2. The predicted molar refractivity (Wildman–Crippen MR) is 91.1 cm³/mol. The van der Waals surface area contributed by atoms with E-state index in [0.717, 1.165) is 17.1 Å². The Balaban J connectivity index is 1.74. The van der Waals surface area contributed by atoms with E-state index >= 15 is 0 Å². The van der Waals surface area contributed by atoms with Gasteiger partial charge in [-0.1, -0.05) is 0 Å². The molecular formula is C18H15N3O4. The van der Waals surface area contributed by atoms with Crippen molar-refractivity contribution in [3.8, 4) is 11.4 Å². The van der Waals surface area contributed by atoms with E-state index < -0.39 is 10.9 Å². The molecule has 0 aliphatic heterocycles. The standard InChI is InChI=1S/C18H15N3O4/c1-12-11-13(2)20(19-12)15-5-3-14(4-6-15)18(22)25-17-9-7-16(8-10-17)21(23)24/h3-11H,1-2H3. The van der Waals surface area contributed by atoms with Crippen LogP contribution in [0.25, 0.3) is 5.69 Å². The fourth-order valence-corrected chi connectivity index (χ4v) is 2.43. The van der Waals surface area contributed by atoms with Crippen molar-refractivity contribution in [2.75, 3.05) is 0 Å². The molecule has 0 saturated heterocycles. The lowest BCUT2D eigenvalue weighted by atomic mass is 10.2. The molecule has 1 heterocycles. The van der Waals surface area contributed by atoms with Gasteiger partial charge in [0, 0.05) is 17.8 Å². The molecule has 0 bridgehead atoms. The number of hydrogen-bond acceptors (Lipinski definition) is 5. The van der Waals surface area contributed by atoms with Crippen LogP contribution in [0, 0.1) is 24.0 Å². The second-order valence-electron chi connectivity index (χ2n) is 5.53. The van der Waals surface area contributed by atoms with E-state index in [-0.39, 0.29) is 11.4 Å². The molecule has 0 unspecified atom stereocenters. The van der Waals surface area contributed by atoms with Gasteiger partial charge in [0.05, 0.1) is 21.9 Å². The second-order valence-corrected chi connectivity index (χ2v) is 5.53. The zero-order valence-corrected chi connectivity index (χ0v) is 13.7. The van der Waals surface area contributed by atoms with Crippen molar-refractivity contribution in [2.45, 2.75) is 13.8 Å². The van der Waals surface area contributed by atoms with Crippen LogP contribution in [0.3, 0.4) is 0 Å². The molecule has 0 spiro atoms. The summed E-state index contributed by atoms with van der Waals surface area (Å²) >= 11 is 0. The Hall–Kier alpha value is -3.48. The number of carbonyl (C=O) groups is 1. The van der Waals surface area contributed by atoms with Gasteiger partial charge in [0.2, 0.25) is 0 Å². The number of esters is 1. The van der Waals surface area contributed by atoms with Crippen LogP contribution in [0.4, 0.5) is 5.69 Å². The average molecular weight is 337 g/mol. The van der Waals surface area contributed by atoms with Gasteiger partial charge in [-0.25, -0.2) is 9.48 Å². The molecule has 25 heavy (non-hydrogen) atoms. The summed E-state index contributed by atoms with van der Waals surface area (Å²) in [6, 6.07) is 14.2. The smallest absolute Gasteiger partial charge is 0.343 e. The van der Waals surface area contributed by atoms with E-state index in [9.17, 15) is 14.9 Å². The van der Waals surface area contributed by atoms with Crippen LogP contribution in [0.1, 0.15) is 21.7 Å². The number of ether oxygens (including phenoxy) is 1. The lowest BCUT2D eigenvalue weighted by Gasteiger charge is -2.07. The van der Waals surface area contributed by atoms with Gasteiger partial charge in [0.1, 0.15) is 5.75 Å². The number of carbonyl (C=O) groups excluding carboxylic acids is 1. The van der Waals surface area contributed by atoms with Crippen molar-refractivity contribution >= 4 is 11.7 Å². The molecule has 2 aromatic carbocycles. The Kier molecular flexibility index (Phi) is 4.30. The summed E-state index contributed by atoms with van der Waals surface area (Å²) < 4.78 is 7.02. The zero-order chi connectivity index (χ0) is 18.0. The quantitative estimate of drug-likeness (QED) is 0.314. The lowest BCUT2D eigenvalue weighted by Crippen LogP contribution is -2.09. The number of hydrogen-bond donors (Lipinski definition) is 0. The maximum atomic E-state index is 12.2. The van der Waals surface area contributed by atoms with Crippen molar-refractivity contribution in [1.29, 1.82) is 0 Å². The third-order valence-electron chi connectivity index (χ3n) is 3.62. The van der Waals surface area contributed by atoms with Crippen molar-refractivity contribution in [3.63, 3.8) is 0 Å². The highest BCUT2D eigenvalue weighted by Crippen LogP contribution is 2.19. The molecule has 0 saturated carbocycles. The maximum absolute atomic E-state index is 12.2. The van der Waals surface area contributed by atoms with Gasteiger partial charge in [-0.05, 0) is 56.3 Å². The van der Waals surface area contributed by atoms with E-state index in [4.69, 9.17) is 4.74 Å². The molecule has 0 aliphatic rings. The van der Waals surface area contributed by atoms with E-state index in [1.807, 2.05) is 19.9 Å². The van der Waals surface area contributed by atoms with Crippen LogP contribution in [0.5, 0.6) is 5.75 Å². The average Bonchev–Trinajstić information content (AvgIpc) is 2.94. The van der Waals surface area contributed by atoms with Crippen molar-refractivity contribution in [3.05, 3.63) is 81.7 Å². The van der Waals surface area contributed by atoms with Crippen molar-refractivity contribution in [2.24, 2.45) is 0 Å². The maximum Gasteiger partial charge on any atom is 0.343 e. The highest BCUT2D eigenvalue weighted by atomic mass is 16.6. The summed E-state index contributed by atoms with van der Waals surface area (Å²) in [5.74, 6) is -0.285. The van der Waals surface area contributed by atoms with E-state index in [1.54, 1.807) is 28.9 Å². The molecule has 0 radical (unpaired) electrons. The first-order chi connectivity index (χ1) is 11.9. The fourth-order valence-electron chi connectivity index (χ4n) is 2.43. The van der Waals surface area contributed by atoms with Crippen LogP contribution < -0.4 is 4.74 Å². The van der Waals surface area contributed by atoms with Gasteiger partial charge in [-0.15, -0.1) is 0 Å². The van der Waals surface area contributed by atoms with Crippen LogP contribution >= 0.6 is 0 Å². The van der Waals surface area contributed by atoms with Gasteiger partial charge in [0.25, 0.3) is 5.69 Å². The summed E-state index contributed by atoms with van der Waals surface area (Å²) in [6.45, 7) is 3.87. The lowest BCUT2D eigenvalue weighted by molar-refractivity contribution is -0.384. The number of rotatable bonds is 4. The van der Waals surface area contributed by atoms with E-state index in [0.29, 0.717) is 5.56 Å². The third-order valence-corrected chi connectivity index (χ3v) is 3.62. The predicted octanol–water partition coefficient (Wildman–Crippen LogP) is 3.62. The number of aryl methyl sites for hydroxylation is 2. The first-order valence-corrected chi connectivity index (χ1v) is 7.54. The van der Waals surface area contributed by atoms with Crippen molar-refractivity contribution < 1.29 is 14.5 Å². The molecule has 0 amide bonds. The molecule has 0 fully saturated rings. The minimum Gasteiger partial charge on any atom is -0.423 e. The Morgan fingerprint density at radius 3 is 2.24 bits per heavy atom. The van der Waals surface area contributed by atoms with E-state index in [2.05, 4.69) is 5.10 Å². The molecule has 7 nitrogen and oxygen atoms in total.